The van der Waals surface area contributed by atoms with Crippen LogP contribution >= 0.6 is 11.9 Å². The first kappa shape index (κ1) is 10.7. The first-order valence-electron chi connectivity index (χ1n) is 4.83. The molecule has 0 radical (unpaired) electrons. The summed E-state index contributed by atoms with van der Waals surface area (Å²) in [5.41, 5.74) is 0. The van der Waals surface area contributed by atoms with E-state index in [1.54, 1.807) is 19.0 Å². The number of rotatable bonds is 0. The Balaban J connectivity index is 2.61. The summed E-state index contributed by atoms with van der Waals surface area (Å²) in [5.74, 6) is 0. The lowest BCUT2D eigenvalue weighted by Crippen LogP contribution is -2.38. The molecule has 0 aromatic heterocycles. The van der Waals surface area contributed by atoms with Gasteiger partial charge >= 0.3 is 6.03 Å². The molecule has 2 unspecified atom stereocenters. The first-order valence-corrected chi connectivity index (χ1v) is 5.66. The summed E-state index contributed by atoms with van der Waals surface area (Å²) in [7, 11) is 1.69. The van der Waals surface area contributed by atoms with Gasteiger partial charge in [0.25, 0.3) is 0 Å². The van der Waals surface area contributed by atoms with Crippen molar-refractivity contribution in [2.24, 2.45) is 0 Å². The van der Waals surface area contributed by atoms with Gasteiger partial charge < -0.3 is 5.32 Å². The summed E-state index contributed by atoms with van der Waals surface area (Å²) in [6, 6.07) is 0.390. The van der Waals surface area contributed by atoms with Crippen molar-refractivity contribution in [2.75, 3.05) is 7.05 Å². The van der Waals surface area contributed by atoms with Crippen LogP contribution in [0, 0.1) is 0 Å². The van der Waals surface area contributed by atoms with E-state index in [9.17, 15) is 4.79 Å². The maximum absolute atomic E-state index is 11.5. The van der Waals surface area contributed by atoms with Crippen LogP contribution in [0.5, 0.6) is 0 Å². The molecule has 2 atom stereocenters. The Kier molecular flexibility index (Phi) is 3.90. The molecular formula is C9H18N2OS. The Morgan fingerprint density at radius 3 is 2.77 bits per heavy atom. The minimum Gasteiger partial charge on any atom is -0.340 e. The molecule has 76 valence electrons. The normalized spacial score (nSPS) is 29.6. The van der Waals surface area contributed by atoms with Crippen molar-refractivity contribution in [3.05, 3.63) is 0 Å². The Morgan fingerprint density at radius 1 is 1.46 bits per heavy atom. The number of nitrogens with one attached hydrogen (secondary N) is 1. The van der Waals surface area contributed by atoms with Crippen molar-refractivity contribution in [2.45, 2.75) is 44.4 Å². The SMILES string of the molecule is CNC(=O)N1SC(C)CCCC1C. The van der Waals surface area contributed by atoms with Crippen LogP contribution in [0.15, 0.2) is 0 Å². The molecule has 0 aliphatic carbocycles. The predicted octanol–water partition coefficient (Wildman–Crippen LogP) is 2.24. The first-order chi connectivity index (χ1) is 6.15. The van der Waals surface area contributed by atoms with Crippen molar-refractivity contribution in [3.8, 4) is 0 Å². The highest BCUT2D eigenvalue weighted by Crippen LogP contribution is 2.29. The second-order valence-corrected chi connectivity index (χ2v) is 4.99. The summed E-state index contributed by atoms with van der Waals surface area (Å²) in [5, 5.41) is 3.24. The quantitative estimate of drug-likeness (QED) is 0.611. The fraction of sp³-hybridized carbons (Fsp3) is 0.889. The molecule has 13 heavy (non-hydrogen) atoms. The number of amides is 2. The van der Waals surface area contributed by atoms with E-state index in [1.165, 1.54) is 12.8 Å². The van der Waals surface area contributed by atoms with Gasteiger partial charge in [0.15, 0.2) is 0 Å². The summed E-state index contributed by atoms with van der Waals surface area (Å²) in [6.07, 6.45) is 3.55. The van der Waals surface area contributed by atoms with E-state index in [4.69, 9.17) is 0 Å². The van der Waals surface area contributed by atoms with Crippen LogP contribution in [0.2, 0.25) is 0 Å². The Labute approximate surface area is 84.4 Å². The molecule has 1 saturated heterocycles. The predicted molar refractivity (Wildman–Crippen MR) is 56.7 cm³/mol. The minimum atomic E-state index is 0.0336. The lowest BCUT2D eigenvalue weighted by molar-refractivity contribution is 0.219. The van der Waals surface area contributed by atoms with Crippen molar-refractivity contribution < 1.29 is 4.79 Å². The summed E-state index contributed by atoms with van der Waals surface area (Å²) >= 11 is 1.67. The van der Waals surface area contributed by atoms with Crippen LogP contribution in [-0.2, 0) is 0 Å². The number of carbonyl (C=O) groups is 1. The molecule has 1 fully saturated rings. The van der Waals surface area contributed by atoms with E-state index in [2.05, 4.69) is 19.2 Å². The summed E-state index contributed by atoms with van der Waals surface area (Å²) < 4.78 is 1.87. The molecule has 3 nitrogen and oxygen atoms in total. The molecule has 4 heteroatoms. The van der Waals surface area contributed by atoms with Crippen molar-refractivity contribution >= 4 is 18.0 Å². The lowest BCUT2D eigenvalue weighted by Gasteiger charge is -2.26. The smallest absolute Gasteiger partial charge is 0.327 e. The largest absolute Gasteiger partial charge is 0.340 e. The molecule has 1 N–H and O–H groups in total. The highest BCUT2D eigenvalue weighted by molar-refractivity contribution is 7.98. The van der Waals surface area contributed by atoms with Gasteiger partial charge in [0.2, 0.25) is 0 Å². The minimum absolute atomic E-state index is 0.0336. The third-order valence-corrected chi connectivity index (χ3v) is 3.69. The maximum atomic E-state index is 11.5. The number of nitrogens with zero attached hydrogens (tertiary/aromatic N) is 1. The Bertz CT molecular complexity index is 186. The fourth-order valence-electron chi connectivity index (χ4n) is 1.53. The average molecular weight is 202 g/mol. The van der Waals surface area contributed by atoms with Gasteiger partial charge in [0.05, 0.1) is 0 Å². The van der Waals surface area contributed by atoms with Gasteiger partial charge in [-0.3, -0.25) is 4.31 Å². The molecule has 0 bridgehead atoms. The van der Waals surface area contributed by atoms with E-state index >= 15 is 0 Å². The number of carbonyl (C=O) groups excluding carboxylic acids is 1. The third-order valence-electron chi connectivity index (χ3n) is 2.34. The van der Waals surface area contributed by atoms with Gasteiger partial charge in [-0.25, -0.2) is 4.79 Å². The number of hydrogen-bond acceptors (Lipinski definition) is 2. The molecule has 1 aliphatic rings. The number of urea groups is 1. The Hall–Kier alpha value is -0.380. The van der Waals surface area contributed by atoms with Gasteiger partial charge in [-0.05, 0) is 31.7 Å². The number of hydrogen-bond donors (Lipinski definition) is 1. The van der Waals surface area contributed by atoms with Crippen LogP contribution in [-0.4, -0.2) is 28.7 Å². The fourth-order valence-corrected chi connectivity index (χ4v) is 2.69. The van der Waals surface area contributed by atoms with Crippen LogP contribution < -0.4 is 5.32 Å². The van der Waals surface area contributed by atoms with Gasteiger partial charge in [0.1, 0.15) is 0 Å². The van der Waals surface area contributed by atoms with E-state index in [0.717, 1.165) is 6.42 Å². The monoisotopic (exact) mass is 202 g/mol. The van der Waals surface area contributed by atoms with Crippen LogP contribution in [0.25, 0.3) is 0 Å². The second kappa shape index (κ2) is 4.74. The zero-order chi connectivity index (χ0) is 9.84. The highest BCUT2D eigenvalue weighted by Gasteiger charge is 2.25. The van der Waals surface area contributed by atoms with Crippen LogP contribution in [0.3, 0.4) is 0 Å². The van der Waals surface area contributed by atoms with Gasteiger partial charge in [-0.15, -0.1) is 0 Å². The highest BCUT2D eigenvalue weighted by atomic mass is 32.2. The van der Waals surface area contributed by atoms with Crippen molar-refractivity contribution in [1.82, 2.24) is 9.62 Å². The zero-order valence-corrected chi connectivity index (χ0v) is 9.36. The van der Waals surface area contributed by atoms with E-state index < -0.39 is 0 Å². The molecule has 0 aromatic rings. The van der Waals surface area contributed by atoms with E-state index in [1.807, 2.05) is 4.31 Å². The molecule has 1 aliphatic heterocycles. The van der Waals surface area contributed by atoms with Gasteiger partial charge in [-0.1, -0.05) is 13.3 Å². The molecular weight excluding hydrogens is 184 g/mol. The van der Waals surface area contributed by atoms with Gasteiger partial charge in [-0.2, -0.15) is 0 Å². The lowest BCUT2D eigenvalue weighted by atomic mass is 10.1. The van der Waals surface area contributed by atoms with Crippen LogP contribution in [0.4, 0.5) is 4.79 Å². The average Bonchev–Trinajstić information content (AvgIpc) is 2.27. The topological polar surface area (TPSA) is 32.3 Å². The van der Waals surface area contributed by atoms with Crippen molar-refractivity contribution in [3.63, 3.8) is 0 Å². The molecule has 0 spiro atoms. The summed E-state index contributed by atoms with van der Waals surface area (Å²) in [4.78, 5) is 11.5. The molecule has 1 rings (SSSR count). The van der Waals surface area contributed by atoms with E-state index in [-0.39, 0.29) is 6.03 Å². The molecule has 0 saturated carbocycles. The standard InChI is InChI=1S/C9H18N2OS/c1-7-5-4-6-8(2)13-11(7)9(12)10-3/h7-8H,4-6H2,1-3H3,(H,10,12). The van der Waals surface area contributed by atoms with E-state index in [0.29, 0.717) is 11.3 Å². The van der Waals surface area contributed by atoms with Crippen LogP contribution in [0.1, 0.15) is 33.1 Å². The third kappa shape index (κ3) is 2.79. The molecule has 1 heterocycles. The Morgan fingerprint density at radius 2 is 2.15 bits per heavy atom. The second-order valence-electron chi connectivity index (χ2n) is 3.58. The maximum Gasteiger partial charge on any atom is 0.327 e. The van der Waals surface area contributed by atoms with Crippen molar-refractivity contribution in [1.29, 1.82) is 0 Å². The summed E-state index contributed by atoms with van der Waals surface area (Å²) in [6.45, 7) is 4.29. The van der Waals surface area contributed by atoms with Gasteiger partial charge in [0, 0.05) is 18.3 Å². The molecule has 0 aromatic carbocycles. The molecule has 2 amide bonds. The zero-order valence-electron chi connectivity index (χ0n) is 8.54.